The molecule has 1 heterocycles. The Balaban J connectivity index is 2.41. The number of aliphatic hydroxyl groups is 1. The molecule has 1 atom stereocenters. The molecule has 5 heteroatoms. The van der Waals surface area contributed by atoms with Gasteiger partial charge in [-0.15, -0.1) is 0 Å². The number of carbonyl (C=O) groups is 1. The first-order chi connectivity index (χ1) is 8.67. The summed E-state index contributed by atoms with van der Waals surface area (Å²) in [6, 6.07) is 3.58. The van der Waals surface area contributed by atoms with Gasteiger partial charge in [-0.05, 0) is 24.7 Å². The quantitative estimate of drug-likeness (QED) is 0.704. The van der Waals surface area contributed by atoms with Crippen LogP contribution >= 0.6 is 0 Å². The summed E-state index contributed by atoms with van der Waals surface area (Å²) in [7, 11) is 0. The van der Waals surface area contributed by atoms with Gasteiger partial charge >= 0.3 is 0 Å². The van der Waals surface area contributed by atoms with E-state index in [9.17, 15) is 14.3 Å². The number of aliphatic hydroxyl groups excluding tert-OH is 1. The Morgan fingerprint density at radius 1 is 1.56 bits per heavy atom. The molecule has 0 aliphatic carbocycles. The van der Waals surface area contributed by atoms with Crippen LogP contribution in [0.1, 0.15) is 17.3 Å². The van der Waals surface area contributed by atoms with E-state index in [0.29, 0.717) is 23.0 Å². The number of carbonyl (C=O) groups excluding carboxylic acids is 1. The monoisotopic (exact) mass is 250 g/mol. The Morgan fingerprint density at radius 2 is 2.33 bits per heavy atom. The van der Waals surface area contributed by atoms with E-state index >= 15 is 0 Å². The topological polar surface area (TPSA) is 65.1 Å². The normalized spacial score (nSPS) is 12.8. The summed E-state index contributed by atoms with van der Waals surface area (Å²) in [4.78, 5) is 15.1. The van der Waals surface area contributed by atoms with Crippen molar-refractivity contribution in [3.8, 4) is 0 Å². The largest absolute Gasteiger partial charge is 0.394 e. The molecule has 0 amide bonds. The minimum atomic E-state index is -0.655. The number of fused-ring (bicyclic) bond motifs is 1. The SMILES string of the molecule is CCNC(CO)C(=O)c1c[nH]c2ccc(F)cc12. The molecule has 0 spiro atoms. The number of hydrogen-bond donors (Lipinski definition) is 3. The first kappa shape index (κ1) is 12.7. The van der Waals surface area contributed by atoms with Gasteiger partial charge in [0.15, 0.2) is 5.78 Å². The second-order valence-corrected chi connectivity index (χ2v) is 4.05. The van der Waals surface area contributed by atoms with E-state index in [0.717, 1.165) is 0 Å². The highest BCUT2D eigenvalue weighted by molar-refractivity contribution is 6.10. The zero-order chi connectivity index (χ0) is 13.1. The van der Waals surface area contributed by atoms with E-state index < -0.39 is 6.04 Å². The molecule has 2 aromatic rings. The number of aromatic nitrogens is 1. The summed E-state index contributed by atoms with van der Waals surface area (Å²) in [5, 5.41) is 12.6. The molecule has 18 heavy (non-hydrogen) atoms. The van der Waals surface area contributed by atoms with Crippen molar-refractivity contribution < 1.29 is 14.3 Å². The number of H-pyrrole nitrogens is 1. The van der Waals surface area contributed by atoms with Crippen LogP contribution in [0.4, 0.5) is 4.39 Å². The van der Waals surface area contributed by atoms with Crippen LogP contribution in [0.2, 0.25) is 0 Å². The Kier molecular flexibility index (Phi) is 3.74. The van der Waals surface area contributed by atoms with E-state index in [2.05, 4.69) is 10.3 Å². The maximum Gasteiger partial charge on any atom is 0.184 e. The van der Waals surface area contributed by atoms with Gasteiger partial charge in [-0.2, -0.15) is 0 Å². The number of aromatic amines is 1. The van der Waals surface area contributed by atoms with Crippen molar-refractivity contribution in [3.05, 3.63) is 35.8 Å². The van der Waals surface area contributed by atoms with Gasteiger partial charge in [-0.25, -0.2) is 4.39 Å². The molecule has 1 aromatic carbocycles. The van der Waals surface area contributed by atoms with Gasteiger partial charge in [0.1, 0.15) is 5.82 Å². The van der Waals surface area contributed by atoms with Gasteiger partial charge in [-0.3, -0.25) is 4.79 Å². The third-order valence-corrected chi connectivity index (χ3v) is 2.86. The fourth-order valence-corrected chi connectivity index (χ4v) is 1.97. The smallest absolute Gasteiger partial charge is 0.184 e. The Bertz CT molecular complexity index is 565. The second kappa shape index (κ2) is 5.29. The predicted molar refractivity (Wildman–Crippen MR) is 67.1 cm³/mol. The molecular formula is C13H15FN2O2. The van der Waals surface area contributed by atoms with Crippen molar-refractivity contribution in [2.24, 2.45) is 0 Å². The van der Waals surface area contributed by atoms with Crippen molar-refractivity contribution in [3.63, 3.8) is 0 Å². The number of Topliss-reactive ketones (excluding diaryl/α,β-unsaturated/α-hetero) is 1. The lowest BCUT2D eigenvalue weighted by Gasteiger charge is -2.12. The summed E-state index contributed by atoms with van der Waals surface area (Å²) < 4.78 is 13.2. The first-order valence-electron chi connectivity index (χ1n) is 5.82. The fourth-order valence-electron chi connectivity index (χ4n) is 1.97. The Morgan fingerprint density at radius 3 is 3.00 bits per heavy atom. The third-order valence-electron chi connectivity index (χ3n) is 2.86. The lowest BCUT2D eigenvalue weighted by molar-refractivity contribution is 0.0901. The number of halogens is 1. The number of nitrogens with one attached hydrogen (secondary N) is 2. The standard InChI is InChI=1S/C13H15FN2O2/c1-2-15-12(7-17)13(18)10-6-16-11-4-3-8(14)5-9(10)11/h3-6,12,15-17H,2,7H2,1H3. The second-order valence-electron chi connectivity index (χ2n) is 4.05. The predicted octanol–water partition coefficient (Wildman–Crippen LogP) is 1.46. The van der Waals surface area contributed by atoms with E-state index in [1.807, 2.05) is 6.92 Å². The van der Waals surface area contributed by atoms with Crippen molar-refractivity contribution in [2.45, 2.75) is 13.0 Å². The summed E-state index contributed by atoms with van der Waals surface area (Å²) >= 11 is 0. The van der Waals surface area contributed by atoms with Gasteiger partial charge in [0.2, 0.25) is 0 Å². The van der Waals surface area contributed by atoms with Crippen molar-refractivity contribution in [1.82, 2.24) is 10.3 Å². The molecule has 0 aliphatic heterocycles. The minimum absolute atomic E-state index is 0.240. The molecule has 1 unspecified atom stereocenters. The Hall–Kier alpha value is -1.72. The highest BCUT2D eigenvalue weighted by Gasteiger charge is 2.21. The molecule has 2 rings (SSSR count). The van der Waals surface area contributed by atoms with Gasteiger partial charge in [0, 0.05) is 22.7 Å². The van der Waals surface area contributed by atoms with Crippen LogP contribution in [0, 0.1) is 5.82 Å². The van der Waals surface area contributed by atoms with Gasteiger partial charge in [0.05, 0.1) is 12.6 Å². The zero-order valence-corrected chi connectivity index (χ0v) is 10.0. The highest BCUT2D eigenvalue weighted by Crippen LogP contribution is 2.20. The summed E-state index contributed by atoms with van der Waals surface area (Å²) in [5.41, 5.74) is 1.09. The van der Waals surface area contributed by atoms with Crippen LogP contribution in [-0.2, 0) is 0 Å². The van der Waals surface area contributed by atoms with Crippen LogP contribution in [-0.4, -0.2) is 35.1 Å². The molecule has 0 radical (unpaired) electrons. The molecule has 3 N–H and O–H groups in total. The average Bonchev–Trinajstić information content (AvgIpc) is 2.78. The van der Waals surface area contributed by atoms with Crippen molar-refractivity contribution >= 4 is 16.7 Å². The number of rotatable bonds is 5. The molecule has 0 saturated carbocycles. The van der Waals surface area contributed by atoms with Gasteiger partial charge < -0.3 is 15.4 Å². The van der Waals surface area contributed by atoms with Gasteiger partial charge in [-0.1, -0.05) is 6.92 Å². The van der Waals surface area contributed by atoms with E-state index in [1.165, 1.54) is 12.1 Å². The van der Waals surface area contributed by atoms with Gasteiger partial charge in [0.25, 0.3) is 0 Å². The molecular weight excluding hydrogens is 235 g/mol. The fraction of sp³-hybridized carbons (Fsp3) is 0.308. The number of benzene rings is 1. The van der Waals surface area contributed by atoms with E-state index in [4.69, 9.17) is 0 Å². The van der Waals surface area contributed by atoms with Crippen LogP contribution in [0.5, 0.6) is 0 Å². The molecule has 1 aromatic heterocycles. The maximum absolute atomic E-state index is 13.2. The minimum Gasteiger partial charge on any atom is -0.394 e. The highest BCUT2D eigenvalue weighted by atomic mass is 19.1. The van der Waals surface area contributed by atoms with Crippen LogP contribution < -0.4 is 5.32 Å². The zero-order valence-electron chi connectivity index (χ0n) is 10.0. The average molecular weight is 250 g/mol. The molecule has 0 saturated heterocycles. The summed E-state index contributed by atoms with van der Waals surface area (Å²) in [5.74, 6) is -0.628. The number of ketones is 1. The lowest BCUT2D eigenvalue weighted by atomic mass is 10.0. The first-order valence-corrected chi connectivity index (χ1v) is 5.82. The number of hydrogen-bond acceptors (Lipinski definition) is 3. The Labute approximate surface area is 104 Å². The molecule has 0 aliphatic rings. The molecule has 4 nitrogen and oxygen atoms in total. The summed E-state index contributed by atoms with van der Waals surface area (Å²) in [6.45, 7) is 2.15. The molecule has 0 bridgehead atoms. The third kappa shape index (κ3) is 2.27. The maximum atomic E-state index is 13.2. The van der Waals surface area contributed by atoms with Crippen molar-refractivity contribution in [1.29, 1.82) is 0 Å². The summed E-state index contributed by atoms with van der Waals surface area (Å²) in [6.07, 6.45) is 1.55. The van der Waals surface area contributed by atoms with E-state index in [-0.39, 0.29) is 18.2 Å². The lowest BCUT2D eigenvalue weighted by Crippen LogP contribution is -2.39. The van der Waals surface area contributed by atoms with Crippen molar-refractivity contribution in [2.75, 3.05) is 13.2 Å². The van der Waals surface area contributed by atoms with E-state index in [1.54, 1.807) is 12.3 Å². The van der Waals surface area contributed by atoms with Crippen LogP contribution in [0.3, 0.4) is 0 Å². The molecule has 0 fully saturated rings. The molecule has 96 valence electrons. The van der Waals surface area contributed by atoms with Crippen LogP contribution in [0.25, 0.3) is 10.9 Å². The van der Waals surface area contributed by atoms with Crippen LogP contribution in [0.15, 0.2) is 24.4 Å². The number of likely N-dealkylation sites (N-methyl/N-ethyl adjacent to an activating group) is 1.